The smallest absolute Gasteiger partial charge is 0.119 e. The number of aromatic hydroxyl groups is 1. The van der Waals surface area contributed by atoms with Crippen LogP contribution in [0.3, 0.4) is 0 Å². The SMILES string of the molecule is Cc1cc(O)c(C(C)C)cc1S(=O)[O-]. The normalized spacial score (nSPS) is 13.2. The van der Waals surface area contributed by atoms with Crippen LogP contribution in [0, 0.1) is 6.92 Å². The van der Waals surface area contributed by atoms with Crippen molar-refractivity contribution < 1.29 is 13.9 Å². The van der Waals surface area contributed by atoms with Gasteiger partial charge in [0.1, 0.15) is 5.75 Å². The minimum absolute atomic E-state index is 0.109. The molecule has 1 rings (SSSR count). The Labute approximate surface area is 86.1 Å². The topological polar surface area (TPSA) is 60.4 Å². The highest BCUT2D eigenvalue weighted by molar-refractivity contribution is 7.79. The van der Waals surface area contributed by atoms with Gasteiger partial charge in [0.15, 0.2) is 0 Å². The first-order valence-corrected chi connectivity index (χ1v) is 5.43. The number of phenols is 1. The Morgan fingerprint density at radius 2 is 2.00 bits per heavy atom. The minimum Gasteiger partial charge on any atom is -0.768 e. The van der Waals surface area contributed by atoms with Gasteiger partial charge in [0, 0.05) is 4.90 Å². The number of phenolic OH excluding ortho intramolecular Hbond substituents is 1. The minimum atomic E-state index is -2.24. The highest BCUT2D eigenvalue weighted by atomic mass is 32.2. The third kappa shape index (κ3) is 2.13. The molecule has 0 aromatic heterocycles. The summed E-state index contributed by atoms with van der Waals surface area (Å²) in [5.74, 6) is 0.268. The van der Waals surface area contributed by atoms with Crippen LogP contribution in [0.2, 0.25) is 0 Å². The zero-order chi connectivity index (χ0) is 10.9. The summed E-state index contributed by atoms with van der Waals surface area (Å²) in [6.45, 7) is 5.47. The molecular weight excluding hydrogens is 200 g/mol. The molecule has 0 radical (unpaired) electrons. The quantitative estimate of drug-likeness (QED) is 0.765. The van der Waals surface area contributed by atoms with Crippen molar-refractivity contribution in [3.63, 3.8) is 0 Å². The second-order valence-electron chi connectivity index (χ2n) is 3.57. The second-order valence-corrected chi connectivity index (χ2v) is 4.48. The van der Waals surface area contributed by atoms with Crippen molar-refractivity contribution in [2.75, 3.05) is 0 Å². The van der Waals surface area contributed by atoms with Crippen molar-refractivity contribution in [2.24, 2.45) is 0 Å². The maximum atomic E-state index is 10.8. The standard InChI is InChI=1S/C10H14O3S/c1-6(2)8-5-10(14(12)13)7(3)4-9(8)11/h4-6,11H,1-3H3,(H,12,13)/p-1. The second kappa shape index (κ2) is 4.11. The molecule has 0 fully saturated rings. The van der Waals surface area contributed by atoms with Gasteiger partial charge >= 0.3 is 0 Å². The van der Waals surface area contributed by atoms with Crippen LogP contribution in [0.5, 0.6) is 5.75 Å². The van der Waals surface area contributed by atoms with E-state index in [-0.39, 0.29) is 16.6 Å². The molecule has 1 atom stereocenters. The van der Waals surface area contributed by atoms with Crippen LogP contribution in [0.15, 0.2) is 17.0 Å². The van der Waals surface area contributed by atoms with Crippen LogP contribution in [0.1, 0.15) is 30.9 Å². The summed E-state index contributed by atoms with van der Waals surface area (Å²) in [5, 5.41) is 9.57. The molecule has 0 bridgehead atoms. The van der Waals surface area contributed by atoms with E-state index in [2.05, 4.69) is 0 Å². The van der Waals surface area contributed by atoms with Crippen molar-refractivity contribution in [3.8, 4) is 5.75 Å². The summed E-state index contributed by atoms with van der Waals surface area (Å²) >= 11 is -2.24. The van der Waals surface area contributed by atoms with Gasteiger partial charge in [0.25, 0.3) is 0 Å². The van der Waals surface area contributed by atoms with Gasteiger partial charge in [0.05, 0.1) is 0 Å². The van der Waals surface area contributed by atoms with E-state index in [0.29, 0.717) is 11.1 Å². The zero-order valence-corrected chi connectivity index (χ0v) is 9.22. The van der Waals surface area contributed by atoms with E-state index in [0.717, 1.165) is 0 Å². The fourth-order valence-electron chi connectivity index (χ4n) is 1.33. The average molecular weight is 213 g/mol. The van der Waals surface area contributed by atoms with Gasteiger partial charge in [0.2, 0.25) is 0 Å². The van der Waals surface area contributed by atoms with Crippen LogP contribution < -0.4 is 0 Å². The first-order valence-electron chi connectivity index (χ1n) is 4.36. The molecule has 0 heterocycles. The predicted octanol–water partition coefficient (Wildman–Crippen LogP) is 2.06. The Balaban J connectivity index is 3.34. The molecule has 1 aromatic rings. The van der Waals surface area contributed by atoms with E-state index in [1.807, 2.05) is 13.8 Å². The summed E-state index contributed by atoms with van der Waals surface area (Å²) < 4.78 is 21.7. The van der Waals surface area contributed by atoms with E-state index < -0.39 is 11.1 Å². The molecule has 1 N–H and O–H groups in total. The number of rotatable bonds is 2. The third-order valence-corrected chi connectivity index (χ3v) is 2.92. The Hall–Kier alpha value is -0.870. The van der Waals surface area contributed by atoms with Gasteiger partial charge in [-0.1, -0.05) is 13.8 Å². The van der Waals surface area contributed by atoms with E-state index in [4.69, 9.17) is 0 Å². The summed E-state index contributed by atoms with van der Waals surface area (Å²) in [5.41, 5.74) is 1.23. The third-order valence-electron chi connectivity index (χ3n) is 2.13. The molecule has 1 unspecified atom stereocenters. The van der Waals surface area contributed by atoms with Gasteiger partial charge in [-0.25, -0.2) is 0 Å². The van der Waals surface area contributed by atoms with Crippen molar-refractivity contribution >= 4 is 11.1 Å². The summed E-state index contributed by atoms with van der Waals surface area (Å²) in [6.07, 6.45) is 0. The lowest BCUT2D eigenvalue weighted by molar-refractivity contribution is 0.463. The Kier molecular flexibility index (Phi) is 3.29. The molecule has 14 heavy (non-hydrogen) atoms. The number of hydrogen-bond acceptors (Lipinski definition) is 3. The molecule has 78 valence electrons. The van der Waals surface area contributed by atoms with E-state index in [1.54, 1.807) is 6.92 Å². The maximum Gasteiger partial charge on any atom is 0.119 e. The van der Waals surface area contributed by atoms with Crippen LogP contribution in [-0.4, -0.2) is 13.9 Å². The fraction of sp³-hybridized carbons (Fsp3) is 0.400. The summed E-state index contributed by atoms with van der Waals surface area (Å²) in [4.78, 5) is 0.256. The van der Waals surface area contributed by atoms with Gasteiger partial charge in [-0.2, -0.15) is 0 Å². The first-order chi connectivity index (χ1) is 6.43. The van der Waals surface area contributed by atoms with Gasteiger partial charge in [-0.05, 0) is 47.2 Å². The lowest BCUT2D eigenvalue weighted by atomic mass is 10.0. The summed E-state index contributed by atoms with van der Waals surface area (Å²) in [7, 11) is 0. The predicted molar refractivity (Wildman–Crippen MR) is 54.1 cm³/mol. The number of benzene rings is 1. The Bertz CT molecular complexity index is 372. The Morgan fingerprint density at radius 3 is 2.43 bits per heavy atom. The van der Waals surface area contributed by atoms with Crippen LogP contribution in [0.4, 0.5) is 0 Å². The fourth-order valence-corrected chi connectivity index (χ4v) is 1.88. The molecule has 1 aromatic carbocycles. The lowest BCUT2D eigenvalue weighted by Gasteiger charge is -2.14. The highest BCUT2D eigenvalue weighted by Crippen LogP contribution is 2.29. The number of hydrogen-bond donors (Lipinski definition) is 1. The molecule has 3 nitrogen and oxygen atoms in total. The molecule has 0 aliphatic heterocycles. The molecule has 4 heteroatoms. The lowest BCUT2D eigenvalue weighted by Crippen LogP contribution is -1.97. The largest absolute Gasteiger partial charge is 0.768 e. The van der Waals surface area contributed by atoms with Crippen LogP contribution in [-0.2, 0) is 11.1 Å². The van der Waals surface area contributed by atoms with E-state index in [9.17, 15) is 13.9 Å². The van der Waals surface area contributed by atoms with Crippen molar-refractivity contribution in [2.45, 2.75) is 31.6 Å². The van der Waals surface area contributed by atoms with E-state index >= 15 is 0 Å². The van der Waals surface area contributed by atoms with E-state index in [1.165, 1.54) is 12.1 Å². The number of aryl methyl sites for hydroxylation is 1. The highest BCUT2D eigenvalue weighted by Gasteiger charge is 2.09. The molecule has 0 saturated heterocycles. The first kappa shape index (κ1) is 11.2. The average Bonchev–Trinajstić information content (AvgIpc) is 2.02. The van der Waals surface area contributed by atoms with Crippen molar-refractivity contribution in [3.05, 3.63) is 23.3 Å². The van der Waals surface area contributed by atoms with Crippen molar-refractivity contribution in [1.82, 2.24) is 0 Å². The van der Waals surface area contributed by atoms with Crippen molar-refractivity contribution in [1.29, 1.82) is 0 Å². The monoisotopic (exact) mass is 213 g/mol. The molecular formula is C10H13O3S-. The maximum absolute atomic E-state index is 10.8. The molecule has 0 aliphatic rings. The zero-order valence-electron chi connectivity index (χ0n) is 8.40. The van der Waals surface area contributed by atoms with Crippen LogP contribution >= 0.6 is 0 Å². The van der Waals surface area contributed by atoms with Gasteiger partial charge in [-0.3, -0.25) is 4.21 Å². The van der Waals surface area contributed by atoms with Gasteiger partial charge in [-0.15, -0.1) is 0 Å². The molecule has 0 amide bonds. The van der Waals surface area contributed by atoms with Gasteiger partial charge < -0.3 is 9.66 Å². The molecule has 0 aliphatic carbocycles. The van der Waals surface area contributed by atoms with Crippen LogP contribution in [0.25, 0.3) is 0 Å². The molecule has 0 spiro atoms. The summed E-state index contributed by atoms with van der Waals surface area (Å²) in [6, 6.07) is 3.01. The molecule has 0 saturated carbocycles. The Morgan fingerprint density at radius 1 is 1.43 bits per heavy atom.